The molecule has 4 N–H and O–H groups in total. The average molecular weight is 543 g/mol. The molecule has 2 amide bonds. The van der Waals surface area contributed by atoms with Crippen LogP contribution >= 0.6 is 22.9 Å². The molecule has 12 nitrogen and oxygen atoms in total. The molecule has 2 aromatic heterocycles. The quantitative estimate of drug-likeness (QED) is 0.294. The normalized spacial score (nSPS) is 17.7. The van der Waals surface area contributed by atoms with E-state index in [9.17, 15) is 19.5 Å². The highest BCUT2D eigenvalue weighted by Crippen LogP contribution is 2.30. The first-order valence-electron chi connectivity index (χ1n) is 11.8. The van der Waals surface area contributed by atoms with Crippen LogP contribution in [0.25, 0.3) is 0 Å². The maximum absolute atomic E-state index is 12.8. The molecule has 0 spiro atoms. The predicted octanol–water partition coefficient (Wildman–Crippen LogP) is 1.96. The lowest BCUT2D eigenvalue weighted by molar-refractivity contribution is 0.0271. The standard InChI is InChI=1S/C22H31ClN6O6S/c1-4-12-17(23)28-18(25-12)20(31)26-13-7-9-29(11-14(13)35-6-3)22-27-15(16(36-22)21(32)33)19(30)24-8-10-34-5-2/h13-14H,4-11H2,1-3H3,(H,24,30)(H,25,28)(H,26,31)(H,32,33)/t13-,14+/m1/s1. The van der Waals surface area contributed by atoms with Gasteiger partial charge in [-0.1, -0.05) is 29.9 Å². The Morgan fingerprint density at radius 2 is 2.00 bits per heavy atom. The molecule has 0 bridgehead atoms. The summed E-state index contributed by atoms with van der Waals surface area (Å²) >= 11 is 7.00. The first-order valence-corrected chi connectivity index (χ1v) is 13.0. The largest absolute Gasteiger partial charge is 0.477 e. The minimum absolute atomic E-state index is 0.135. The van der Waals surface area contributed by atoms with Crippen LogP contribution in [0.1, 0.15) is 63.7 Å². The molecule has 0 unspecified atom stereocenters. The number of aryl methyl sites for hydroxylation is 1. The highest BCUT2D eigenvalue weighted by Gasteiger charge is 2.34. The summed E-state index contributed by atoms with van der Waals surface area (Å²) in [5, 5.41) is 15.9. The first kappa shape index (κ1) is 27.8. The molecule has 36 heavy (non-hydrogen) atoms. The number of thiazole rings is 1. The van der Waals surface area contributed by atoms with E-state index in [1.165, 1.54) is 0 Å². The molecule has 0 aliphatic carbocycles. The lowest BCUT2D eigenvalue weighted by Gasteiger charge is -2.38. The number of halogens is 1. The van der Waals surface area contributed by atoms with Crippen LogP contribution in [0.15, 0.2) is 0 Å². The highest BCUT2D eigenvalue weighted by molar-refractivity contribution is 7.17. The number of nitrogens with one attached hydrogen (secondary N) is 3. The molecule has 14 heteroatoms. The van der Waals surface area contributed by atoms with Crippen LogP contribution < -0.4 is 15.5 Å². The van der Waals surface area contributed by atoms with Gasteiger partial charge in [-0.05, 0) is 26.7 Å². The number of hydrogen-bond donors (Lipinski definition) is 4. The summed E-state index contributed by atoms with van der Waals surface area (Å²) in [5.41, 5.74) is 0.553. The van der Waals surface area contributed by atoms with E-state index in [0.717, 1.165) is 11.3 Å². The Balaban J connectivity index is 1.71. The molecule has 2 aromatic rings. The number of aromatic carboxylic acids is 1. The third-order valence-electron chi connectivity index (χ3n) is 5.59. The van der Waals surface area contributed by atoms with Crippen LogP contribution in [-0.4, -0.2) is 89.4 Å². The van der Waals surface area contributed by atoms with Crippen molar-refractivity contribution >= 4 is 45.9 Å². The molecule has 1 aliphatic heterocycles. The Kier molecular flexibility index (Phi) is 10.0. The second kappa shape index (κ2) is 13.0. The van der Waals surface area contributed by atoms with Gasteiger partial charge in [0.2, 0.25) is 0 Å². The van der Waals surface area contributed by atoms with E-state index in [-0.39, 0.29) is 46.1 Å². The van der Waals surface area contributed by atoms with Crippen molar-refractivity contribution in [2.45, 2.75) is 45.8 Å². The number of carbonyl (C=O) groups is 3. The number of rotatable bonds is 12. The number of aromatic amines is 1. The van der Waals surface area contributed by atoms with Gasteiger partial charge in [0.1, 0.15) is 4.88 Å². The van der Waals surface area contributed by atoms with Crippen molar-refractivity contribution in [3.05, 3.63) is 27.2 Å². The lowest BCUT2D eigenvalue weighted by atomic mass is 10.0. The van der Waals surface area contributed by atoms with E-state index in [4.69, 9.17) is 21.1 Å². The average Bonchev–Trinajstić information content (AvgIpc) is 3.47. The number of anilines is 1. The highest BCUT2D eigenvalue weighted by atomic mass is 35.5. The van der Waals surface area contributed by atoms with E-state index in [0.29, 0.717) is 56.6 Å². The van der Waals surface area contributed by atoms with E-state index >= 15 is 0 Å². The van der Waals surface area contributed by atoms with Crippen molar-refractivity contribution in [2.75, 3.05) is 44.4 Å². The Morgan fingerprint density at radius 3 is 2.64 bits per heavy atom. The maximum Gasteiger partial charge on any atom is 0.348 e. The Morgan fingerprint density at radius 1 is 1.22 bits per heavy atom. The van der Waals surface area contributed by atoms with Gasteiger partial charge in [0.15, 0.2) is 21.8 Å². The number of piperidine rings is 1. The van der Waals surface area contributed by atoms with Gasteiger partial charge in [0.05, 0.1) is 24.4 Å². The smallest absolute Gasteiger partial charge is 0.348 e. The van der Waals surface area contributed by atoms with Crippen molar-refractivity contribution in [3.8, 4) is 0 Å². The molecular formula is C22H31ClN6O6S. The van der Waals surface area contributed by atoms with Gasteiger partial charge in [-0.25, -0.2) is 14.8 Å². The van der Waals surface area contributed by atoms with E-state index in [1.54, 1.807) is 0 Å². The van der Waals surface area contributed by atoms with Crippen LogP contribution in [0.4, 0.5) is 5.13 Å². The molecule has 1 aliphatic rings. The number of nitrogens with zero attached hydrogens (tertiary/aromatic N) is 3. The van der Waals surface area contributed by atoms with Gasteiger partial charge in [-0.3, -0.25) is 9.59 Å². The number of imidazole rings is 1. The maximum atomic E-state index is 12.8. The Bertz CT molecular complexity index is 1080. The molecule has 1 fully saturated rings. The zero-order chi connectivity index (χ0) is 26.2. The SMILES string of the molecule is CCOCCNC(=O)c1nc(N2CC[C@@H](NC(=O)c3nc(Cl)c(CC)[nH]3)[C@@H](OCC)C2)sc1C(=O)O. The summed E-state index contributed by atoms with van der Waals surface area (Å²) in [6, 6.07) is -0.303. The zero-order valence-corrected chi connectivity index (χ0v) is 22.0. The van der Waals surface area contributed by atoms with Crippen molar-refractivity contribution in [1.29, 1.82) is 0 Å². The number of ether oxygens (including phenoxy) is 2. The van der Waals surface area contributed by atoms with E-state index in [1.807, 2.05) is 25.7 Å². The summed E-state index contributed by atoms with van der Waals surface area (Å²) in [6.45, 7) is 7.95. The second-order valence-electron chi connectivity index (χ2n) is 7.95. The molecule has 0 saturated carbocycles. The number of amides is 2. The third-order valence-corrected chi connectivity index (χ3v) is 7.00. The molecule has 2 atom stereocenters. The molecule has 1 saturated heterocycles. The van der Waals surface area contributed by atoms with Crippen LogP contribution in [0.3, 0.4) is 0 Å². The fraction of sp³-hybridized carbons (Fsp3) is 0.591. The predicted molar refractivity (Wildman–Crippen MR) is 134 cm³/mol. The van der Waals surface area contributed by atoms with E-state index in [2.05, 4.69) is 25.6 Å². The van der Waals surface area contributed by atoms with Crippen molar-refractivity contribution in [3.63, 3.8) is 0 Å². The molecule has 3 rings (SSSR count). The fourth-order valence-electron chi connectivity index (χ4n) is 3.81. The first-order chi connectivity index (χ1) is 17.3. The van der Waals surface area contributed by atoms with Gasteiger partial charge in [-0.15, -0.1) is 0 Å². The Hall–Kier alpha value is -2.74. The van der Waals surface area contributed by atoms with Gasteiger partial charge in [0.25, 0.3) is 11.8 Å². The van der Waals surface area contributed by atoms with Crippen LogP contribution in [0.2, 0.25) is 5.15 Å². The Labute approximate surface area is 217 Å². The molecule has 0 radical (unpaired) electrons. The minimum atomic E-state index is -1.22. The van der Waals surface area contributed by atoms with Gasteiger partial charge >= 0.3 is 5.97 Å². The number of carbonyl (C=O) groups excluding carboxylic acids is 2. The van der Waals surface area contributed by atoms with Crippen molar-refractivity contribution in [2.24, 2.45) is 0 Å². The second-order valence-corrected chi connectivity index (χ2v) is 9.28. The van der Waals surface area contributed by atoms with Crippen molar-refractivity contribution < 1.29 is 29.0 Å². The zero-order valence-electron chi connectivity index (χ0n) is 20.4. The number of aromatic nitrogens is 3. The monoisotopic (exact) mass is 542 g/mol. The summed E-state index contributed by atoms with van der Waals surface area (Å²) in [5.74, 6) is -2.03. The summed E-state index contributed by atoms with van der Waals surface area (Å²) < 4.78 is 11.1. The van der Waals surface area contributed by atoms with Crippen LogP contribution in [-0.2, 0) is 15.9 Å². The van der Waals surface area contributed by atoms with Gasteiger partial charge in [-0.2, -0.15) is 0 Å². The number of carboxylic acids is 1. The summed E-state index contributed by atoms with van der Waals surface area (Å²) in [6.07, 6.45) is 0.755. The number of carboxylic acid groups (broad SMARTS) is 1. The molecule has 198 valence electrons. The molecule has 3 heterocycles. The third kappa shape index (κ3) is 6.72. The summed E-state index contributed by atoms with van der Waals surface area (Å²) in [4.78, 5) is 50.2. The van der Waals surface area contributed by atoms with Gasteiger partial charge in [0, 0.05) is 32.8 Å². The van der Waals surface area contributed by atoms with Crippen LogP contribution in [0.5, 0.6) is 0 Å². The lowest BCUT2D eigenvalue weighted by Crippen LogP contribution is -2.55. The van der Waals surface area contributed by atoms with Gasteiger partial charge < -0.3 is 35.1 Å². The van der Waals surface area contributed by atoms with Crippen molar-refractivity contribution in [1.82, 2.24) is 25.6 Å². The number of H-pyrrole nitrogens is 1. The minimum Gasteiger partial charge on any atom is -0.477 e. The van der Waals surface area contributed by atoms with Crippen LogP contribution in [0, 0.1) is 0 Å². The summed E-state index contributed by atoms with van der Waals surface area (Å²) in [7, 11) is 0. The topological polar surface area (TPSA) is 159 Å². The molecular weight excluding hydrogens is 512 g/mol. The fourth-order valence-corrected chi connectivity index (χ4v) is 5.01. The number of hydrogen-bond acceptors (Lipinski definition) is 9. The molecule has 0 aromatic carbocycles. The van der Waals surface area contributed by atoms with E-state index < -0.39 is 11.9 Å².